The van der Waals surface area contributed by atoms with Crippen LogP contribution in [0.5, 0.6) is 0 Å². The fourth-order valence-corrected chi connectivity index (χ4v) is 1.90. The SMILES string of the molecule is CCCCN1C=CC(c2ccccc2)=CC1. The van der Waals surface area contributed by atoms with Gasteiger partial charge in [0, 0.05) is 13.1 Å². The summed E-state index contributed by atoms with van der Waals surface area (Å²) < 4.78 is 0. The average molecular weight is 213 g/mol. The summed E-state index contributed by atoms with van der Waals surface area (Å²) in [4.78, 5) is 2.37. The molecule has 1 aromatic carbocycles. The second-order valence-electron chi connectivity index (χ2n) is 4.19. The van der Waals surface area contributed by atoms with E-state index >= 15 is 0 Å². The van der Waals surface area contributed by atoms with E-state index in [1.807, 2.05) is 0 Å². The Hall–Kier alpha value is -1.50. The van der Waals surface area contributed by atoms with Crippen molar-refractivity contribution in [2.75, 3.05) is 13.1 Å². The molecule has 0 unspecified atom stereocenters. The lowest BCUT2D eigenvalue weighted by Gasteiger charge is -2.22. The Morgan fingerprint density at radius 2 is 2.00 bits per heavy atom. The van der Waals surface area contributed by atoms with E-state index in [0.29, 0.717) is 0 Å². The maximum absolute atomic E-state index is 2.37. The summed E-state index contributed by atoms with van der Waals surface area (Å²) >= 11 is 0. The summed E-state index contributed by atoms with van der Waals surface area (Å²) in [5.41, 5.74) is 2.65. The van der Waals surface area contributed by atoms with Crippen molar-refractivity contribution >= 4 is 5.57 Å². The van der Waals surface area contributed by atoms with Crippen LogP contribution in [0.25, 0.3) is 5.57 Å². The molecular weight excluding hydrogens is 194 g/mol. The lowest BCUT2D eigenvalue weighted by Crippen LogP contribution is -2.20. The van der Waals surface area contributed by atoms with Crippen LogP contribution in [0.1, 0.15) is 25.3 Å². The highest BCUT2D eigenvalue weighted by molar-refractivity contribution is 5.74. The second-order valence-corrected chi connectivity index (χ2v) is 4.19. The molecule has 0 spiro atoms. The Labute approximate surface area is 98.1 Å². The van der Waals surface area contributed by atoms with Crippen molar-refractivity contribution in [2.24, 2.45) is 0 Å². The minimum atomic E-state index is 1.04. The van der Waals surface area contributed by atoms with Crippen molar-refractivity contribution in [3.05, 3.63) is 54.2 Å². The van der Waals surface area contributed by atoms with Gasteiger partial charge in [-0.15, -0.1) is 0 Å². The van der Waals surface area contributed by atoms with Crippen molar-refractivity contribution in [3.8, 4) is 0 Å². The van der Waals surface area contributed by atoms with Crippen LogP contribution < -0.4 is 0 Å². The van der Waals surface area contributed by atoms with Crippen molar-refractivity contribution < 1.29 is 0 Å². The van der Waals surface area contributed by atoms with Crippen LogP contribution in [0, 0.1) is 0 Å². The topological polar surface area (TPSA) is 3.24 Å². The summed E-state index contributed by atoms with van der Waals surface area (Å²) in [5, 5.41) is 0. The molecule has 1 heterocycles. The van der Waals surface area contributed by atoms with E-state index in [1.165, 1.54) is 30.5 Å². The Kier molecular flexibility index (Phi) is 3.81. The summed E-state index contributed by atoms with van der Waals surface area (Å²) in [6, 6.07) is 10.6. The average Bonchev–Trinajstić information content (AvgIpc) is 2.38. The normalized spacial score (nSPS) is 15.1. The molecule has 0 saturated carbocycles. The van der Waals surface area contributed by atoms with Gasteiger partial charge in [0.1, 0.15) is 0 Å². The molecular formula is C15H19N. The van der Waals surface area contributed by atoms with Crippen LogP contribution in [0.2, 0.25) is 0 Å². The summed E-state index contributed by atoms with van der Waals surface area (Å²) in [6.07, 6.45) is 9.29. The van der Waals surface area contributed by atoms with Gasteiger partial charge in [-0.05, 0) is 29.8 Å². The van der Waals surface area contributed by atoms with Crippen molar-refractivity contribution in [2.45, 2.75) is 19.8 Å². The molecule has 1 aliphatic rings. The smallest absolute Gasteiger partial charge is 0.0363 e. The molecule has 0 fully saturated rings. The van der Waals surface area contributed by atoms with E-state index in [4.69, 9.17) is 0 Å². The van der Waals surface area contributed by atoms with Crippen molar-refractivity contribution in [1.29, 1.82) is 0 Å². The molecule has 0 atom stereocenters. The van der Waals surface area contributed by atoms with Gasteiger partial charge in [0.05, 0.1) is 0 Å². The van der Waals surface area contributed by atoms with Gasteiger partial charge in [-0.2, -0.15) is 0 Å². The lowest BCUT2D eigenvalue weighted by molar-refractivity contribution is 0.402. The van der Waals surface area contributed by atoms with Gasteiger partial charge in [0.25, 0.3) is 0 Å². The predicted molar refractivity (Wildman–Crippen MR) is 70.0 cm³/mol. The predicted octanol–water partition coefficient (Wildman–Crippen LogP) is 3.70. The fraction of sp³-hybridized carbons (Fsp3) is 0.333. The van der Waals surface area contributed by atoms with Gasteiger partial charge < -0.3 is 4.90 Å². The van der Waals surface area contributed by atoms with Gasteiger partial charge in [-0.25, -0.2) is 0 Å². The van der Waals surface area contributed by atoms with Crippen molar-refractivity contribution in [1.82, 2.24) is 4.90 Å². The monoisotopic (exact) mass is 213 g/mol. The van der Waals surface area contributed by atoms with Crippen LogP contribution in [-0.4, -0.2) is 18.0 Å². The van der Waals surface area contributed by atoms with Gasteiger partial charge >= 0.3 is 0 Å². The molecule has 16 heavy (non-hydrogen) atoms. The number of unbranched alkanes of at least 4 members (excludes halogenated alkanes) is 1. The van der Waals surface area contributed by atoms with Gasteiger partial charge in [-0.3, -0.25) is 0 Å². The molecule has 0 aromatic heterocycles. The quantitative estimate of drug-likeness (QED) is 0.737. The molecule has 0 radical (unpaired) electrons. The highest BCUT2D eigenvalue weighted by atomic mass is 15.1. The van der Waals surface area contributed by atoms with Crippen LogP contribution in [0.4, 0.5) is 0 Å². The Morgan fingerprint density at radius 1 is 1.19 bits per heavy atom. The molecule has 0 N–H and O–H groups in total. The first-order valence-electron chi connectivity index (χ1n) is 6.08. The molecule has 0 amide bonds. The van der Waals surface area contributed by atoms with Gasteiger partial charge in [-0.1, -0.05) is 49.8 Å². The second kappa shape index (κ2) is 5.55. The summed E-state index contributed by atoms with van der Waals surface area (Å²) in [6.45, 7) is 4.45. The first-order valence-corrected chi connectivity index (χ1v) is 6.08. The standard InChI is InChI=1S/C15H19N/c1-2-3-11-16-12-9-15(10-13-16)14-7-5-4-6-8-14/h4-10,12H,2-3,11,13H2,1H3. The van der Waals surface area contributed by atoms with Crippen LogP contribution in [0.15, 0.2) is 48.7 Å². The number of rotatable bonds is 4. The zero-order valence-electron chi connectivity index (χ0n) is 9.89. The zero-order valence-corrected chi connectivity index (χ0v) is 9.89. The van der Waals surface area contributed by atoms with Crippen LogP contribution in [-0.2, 0) is 0 Å². The first-order chi connectivity index (χ1) is 7.90. The Balaban J connectivity index is 1.97. The molecule has 2 rings (SSSR count). The molecule has 1 aromatic rings. The zero-order chi connectivity index (χ0) is 11.2. The molecule has 1 nitrogen and oxygen atoms in total. The van der Waals surface area contributed by atoms with Crippen LogP contribution >= 0.6 is 0 Å². The van der Waals surface area contributed by atoms with E-state index in [-0.39, 0.29) is 0 Å². The third-order valence-corrected chi connectivity index (χ3v) is 2.92. The van der Waals surface area contributed by atoms with E-state index < -0.39 is 0 Å². The third kappa shape index (κ3) is 2.75. The summed E-state index contributed by atoms with van der Waals surface area (Å²) in [5.74, 6) is 0. The molecule has 84 valence electrons. The first kappa shape index (κ1) is 11.0. The lowest BCUT2D eigenvalue weighted by atomic mass is 10.0. The van der Waals surface area contributed by atoms with Crippen LogP contribution in [0.3, 0.4) is 0 Å². The Bertz CT molecular complexity index is 376. The summed E-state index contributed by atoms with van der Waals surface area (Å²) in [7, 11) is 0. The fourth-order valence-electron chi connectivity index (χ4n) is 1.90. The number of hydrogen-bond donors (Lipinski definition) is 0. The van der Waals surface area contributed by atoms with Gasteiger partial charge in [0.2, 0.25) is 0 Å². The van der Waals surface area contributed by atoms with E-state index in [2.05, 4.69) is 60.5 Å². The number of nitrogens with zero attached hydrogens (tertiary/aromatic N) is 1. The maximum atomic E-state index is 2.37. The van der Waals surface area contributed by atoms with E-state index in [0.717, 1.165) is 6.54 Å². The highest BCUT2D eigenvalue weighted by Crippen LogP contribution is 2.19. The molecule has 1 heteroatoms. The highest BCUT2D eigenvalue weighted by Gasteiger charge is 2.04. The number of benzene rings is 1. The molecule has 0 bridgehead atoms. The number of hydrogen-bond acceptors (Lipinski definition) is 1. The minimum absolute atomic E-state index is 1.04. The third-order valence-electron chi connectivity index (χ3n) is 2.92. The minimum Gasteiger partial charge on any atom is -0.374 e. The molecule has 0 saturated heterocycles. The Morgan fingerprint density at radius 3 is 2.62 bits per heavy atom. The van der Waals surface area contributed by atoms with E-state index in [9.17, 15) is 0 Å². The largest absolute Gasteiger partial charge is 0.374 e. The molecule has 0 aliphatic carbocycles. The number of allylic oxidation sites excluding steroid dienone is 2. The molecule has 1 aliphatic heterocycles. The van der Waals surface area contributed by atoms with Crippen molar-refractivity contribution in [3.63, 3.8) is 0 Å². The maximum Gasteiger partial charge on any atom is 0.0363 e. The van der Waals surface area contributed by atoms with E-state index in [1.54, 1.807) is 0 Å². The van der Waals surface area contributed by atoms with Gasteiger partial charge in [0.15, 0.2) is 0 Å².